The number of thiophene rings is 1. The predicted octanol–water partition coefficient (Wildman–Crippen LogP) is 3.25. The molecule has 0 fully saturated rings. The number of carbonyl (C=O) groups is 1. The minimum Gasteiger partial charge on any atom is -0.320 e. The molecule has 0 saturated carbocycles. The number of hydrogen-bond acceptors (Lipinski definition) is 5. The summed E-state index contributed by atoms with van der Waals surface area (Å²) in [5.74, 6) is 0.594. The number of rotatable bonds is 3. The van der Waals surface area contributed by atoms with Crippen LogP contribution in [0.4, 0.5) is 5.69 Å². The average molecular weight is 339 g/mol. The number of carbonyl (C=O) groups excluding carboxylic acids is 1. The van der Waals surface area contributed by atoms with Gasteiger partial charge in [-0.2, -0.15) is 5.10 Å². The van der Waals surface area contributed by atoms with Crippen molar-refractivity contribution < 1.29 is 4.79 Å². The van der Waals surface area contributed by atoms with E-state index < -0.39 is 0 Å². The van der Waals surface area contributed by atoms with E-state index in [1.165, 1.54) is 36.0 Å². The molecule has 0 aliphatic heterocycles. The fourth-order valence-corrected chi connectivity index (χ4v) is 4.04. The van der Waals surface area contributed by atoms with Crippen LogP contribution in [-0.2, 0) is 12.8 Å². The van der Waals surface area contributed by atoms with E-state index in [1.54, 1.807) is 34.6 Å². The Bertz CT molecular complexity index is 815. The van der Waals surface area contributed by atoms with Crippen LogP contribution in [-0.4, -0.2) is 25.7 Å². The van der Waals surface area contributed by atoms with Gasteiger partial charge in [0.2, 0.25) is 0 Å². The number of nitrogens with zero attached hydrogens (tertiary/aromatic N) is 4. The summed E-state index contributed by atoms with van der Waals surface area (Å²) < 4.78 is 1.57. The summed E-state index contributed by atoms with van der Waals surface area (Å²) in [6.45, 7) is 0. The average Bonchev–Trinajstić information content (AvgIpc) is 3.22. The maximum atomic E-state index is 12.5. The highest BCUT2D eigenvalue weighted by Crippen LogP contribution is 2.29. The lowest BCUT2D eigenvalue weighted by molar-refractivity contribution is 0.103. The zero-order valence-electron chi connectivity index (χ0n) is 13.1. The summed E-state index contributed by atoms with van der Waals surface area (Å²) in [5, 5.41) is 6.95. The lowest BCUT2D eigenvalue weighted by Gasteiger charge is -2.04. The molecule has 3 aromatic rings. The summed E-state index contributed by atoms with van der Waals surface area (Å²) in [4.78, 5) is 22.8. The van der Waals surface area contributed by atoms with Crippen molar-refractivity contribution in [3.63, 3.8) is 0 Å². The lowest BCUT2D eigenvalue weighted by Crippen LogP contribution is -2.10. The summed E-state index contributed by atoms with van der Waals surface area (Å²) in [6, 6.07) is 5.67. The number of nitrogens with one attached hydrogen (secondary N) is 1. The zero-order chi connectivity index (χ0) is 16.4. The molecule has 3 aromatic heterocycles. The molecule has 0 bridgehead atoms. The van der Waals surface area contributed by atoms with E-state index in [1.807, 2.05) is 6.07 Å². The minimum absolute atomic E-state index is 0.0663. The minimum atomic E-state index is -0.0663. The largest absolute Gasteiger partial charge is 0.320 e. The quantitative estimate of drug-likeness (QED) is 0.744. The first-order valence-electron chi connectivity index (χ1n) is 8.03. The Morgan fingerprint density at radius 3 is 2.92 bits per heavy atom. The molecule has 0 unspecified atom stereocenters. The van der Waals surface area contributed by atoms with Crippen molar-refractivity contribution >= 4 is 22.9 Å². The van der Waals surface area contributed by atoms with Gasteiger partial charge in [0.1, 0.15) is 12.7 Å². The number of hydrogen-bond donors (Lipinski definition) is 1. The van der Waals surface area contributed by atoms with Crippen LogP contribution < -0.4 is 5.32 Å². The SMILES string of the molecule is O=C(Nc1ccc(-n2cncn2)nc1)c1cc2c(s1)CCCCC2. The maximum Gasteiger partial charge on any atom is 0.265 e. The van der Waals surface area contributed by atoms with Crippen LogP contribution in [0.1, 0.15) is 39.4 Å². The summed E-state index contributed by atoms with van der Waals surface area (Å²) in [5.41, 5.74) is 2.02. The molecule has 1 amide bonds. The molecule has 24 heavy (non-hydrogen) atoms. The van der Waals surface area contributed by atoms with Crippen LogP contribution in [0, 0.1) is 0 Å². The Morgan fingerprint density at radius 1 is 1.21 bits per heavy atom. The van der Waals surface area contributed by atoms with Gasteiger partial charge in [0.25, 0.3) is 5.91 Å². The van der Waals surface area contributed by atoms with Gasteiger partial charge in [-0.15, -0.1) is 11.3 Å². The third-order valence-electron chi connectivity index (χ3n) is 4.13. The number of fused-ring (bicyclic) bond motifs is 1. The Hall–Kier alpha value is -2.54. The molecule has 0 aromatic carbocycles. The van der Waals surface area contributed by atoms with Gasteiger partial charge in [0.15, 0.2) is 5.82 Å². The fraction of sp³-hybridized carbons (Fsp3) is 0.294. The highest BCUT2D eigenvalue weighted by atomic mass is 32.1. The Morgan fingerprint density at radius 2 is 2.12 bits per heavy atom. The van der Waals surface area contributed by atoms with Crippen LogP contribution >= 0.6 is 11.3 Å². The first-order valence-corrected chi connectivity index (χ1v) is 8.85. The van der Waals surface area contributed by atoms with Crippen molar-refractivity contribution in [3.8, 4) is 5.82 Å². The van der Waals surface area contributed by atoms with Crippen molar-refractivity contribution in [2.24, 2.45) is 0 Å². The topological polar surface area (TPSA) is 72.7 Å². The van der Waals surface area contributed by atoms with Crippen LogP contribution in [0.3, 0.4) is 0 Å². The third kappa shape index (κ3) is 3.07. The Balaban J connectivity index is 1.48. The summed E-state index contributed by atoms with van der Waals surface area (Å²) in [7, 11) is 0. The van der Waals surface area contributed by atoms with E-state index in [2.05, 4.69) is 26.4 Å². The van der Waals surface area contributed by atoms with Crippen molar-refractivity contribution in [3.05, 3.63) is 52.4 Å². The standard InChI is InChI=1S/C17H17N5OS/c23-17(15-8-12-4-2-1-3-5-14(12)24-15)21-13-6-7-16(19-9-13)22-11-18-10-20-22/h6-11H,1-5H2,(H,21,23). The van der Waals surface area contributed by atoms with Gasteiger partial charge < -0.3 is 5.32 Å². The lowest BCUT2D eigenvalue weighted by atomic mass is 10.1. The molecular weight excluding hydrogens is 322 g/mol. The third-order valence-corrected chi connectivity index (χ3v) is 5.37. The zero-order valence-corrected chi connectivity index (χ0v) is 13.9. The van der Waals surface area contributed by atoms with Gasteiger partial charge in [-0.25, -0.2) is 14.6 Å². The molecule has 7 heteroatoms. The second-order valence-corrected chi connectivity index (χ2v) is 6.96. The van der Waals surface area contributed by atoms with E-state index in [4.69, 9.17) is 0 Å². The van der Waals surface area contributed by atoms with E-state index >= 15 is 0 Å². The predicted molar refractivity (Wildman–Crippen MR) is 92.7 cm³/mol. The normalized spacial score (nSPS) is 14.0. The highest BCUT2D eigenvalue weighted by molar-refractivity contribution is 7.14. The number of anilines is 1. The van der Waals surface area contributed by atoms with Crippen LogP contribution in [0.5, 0.6) is 0 Å². The van der Waals surface area contributed by atoms with Crippen molar-refractivity contribution in [1.29, 1.82) is 0 Å². The molecule has 1 aliphatic rings. The number of pyridine rings is 1. The molecule has 6 nitrogen and oxygen atoms in total. The van der Waals surface area contributed by atoms with Gasteiger partial charge >= 0.3 is 0 Å². The second-order valence-electron chi connectivity index (χ2n) is 5.82. The number of aromatic nitrogens is 4. The van der Waals surface area contributed by atoms with Crippen LogP contribution in [0.25, 0.3) is 5.82 Å². The Kier molecular flexibility index (Phi) is 4.08. The van der Waals surface area contributed by atoms with E-state index in [0.29, 0.717) is 11.5 Å². The molecule has 0 radical (unpaired) electrons. The van der Waals surface area contributed by atoms with E-state index in [-0.39, 0.29) is 5.91 Å². The summed E-state index contributed by atoms with van der Waals surface area (Å²) >= 11 is 1.62. The van der Waals surface area contributed by atoms with E-state index in [0.717, 1.165) is 17.7 Å². The molecule has 0 spiro atoms. The van der Waals surface area contributed by atoms with Gasteiger partial charge in [0.05, 0.1) is 16.8 Å². The first-order chi connectivity index (χ1) is 11.8. The van der Waals surface area contributed by atoms with Crippen molar-refractivity contribution in [2.75, 3.05) is 5.32 Å². The Labute approximate surface area is 143 Å². The highest BCUT2D eigenvalue weighted by Gasteiger charge is 2.16. The molecular formula is C17H17N5OS. The molecule has 4 rings (SSSR count). The van der Waals surface area contributed by atoms with Crippen LogP contribution in [0.15, 0.2) is 37.1 Å². The number of aryl methyl sites for hydroxylation is 2. The molecule has 1 N–H and O–H groups in total. The van der Waals surface area contributed by atoms with Crippen molar-refractivity contribution in [1.82, 2.24) is 19.7 Å². The molecule has 3 heterocycles. The maximum absolute atomic E-state index is 12.5. The first kappa shape index (κ1) is 15.0. The van der Waals surface area contributed by atoms with Gasteiger partial charge in [0, 0.05) is 4.88 Å². The van der Waals surface area contributed by atoms with Gasteiger partial charge in [-0.3, -0.25) is 4.79 Å². The molecule has 0 atom stereocenters. The van der Waals surface area contributed by atoms with Crippen molar-refractivity contribution in [2.45, 2.75) is 32.1 Å². The molecule has 0 saturated heterocycles. The van der Waals surface area contributed by atoms with E-state index in [9.17, 15) is 4.79 Å². The van der Waals surface area contributed by atoms with Gasteiger partial charge in [-0.05, 0) is 49.4 Å². The van der Waals surface area contributed by atoms with Crippen LogP contribution in [0.2, 0.25) is 0 Å². The number of amides is 1. The summed E-state index contributed by atoms with van der Waals surface area (Å²) in [6.07, 6.45) is 10.6. The molecule has 1 aliphatic carbocycles. The van der Waals surface area contributed by atoms with Gasteiger partial charge in [-0.1, -0.05) is 6.42 Å². The second kappa shape index (κ2) is 6.52. The fourth-order valence-electron chi connectivity index (χ4n) is 2.89. The molecule has 122 valence electrons. The monoisotopic (exact) mass is 339 g/mol. The smallest absolute Gasteiger partial charge is 0.265 e.